The SMILES string of the molecule is CC(O)[C]1C2CCCC2[C](c2ccccc2)C1(C)C. The van der Waals surface area contributed by atoms with Crippen molar-refractivity contribution in [2.45, 2.75) is 46.1 Å². The van der Waals surface area contributed by atoms with Crippen molar-refractivity contribution < 1.29 is 5.11 Å². The van der Waals surface area contributed by atoms with Crippen LogP contribution in [-0.4, -0.2) is 11.2 Å². The van der Waals surface area contributed by atoms with Gasteiger partial charge >= 0.3 is 0 Å². The fourth-order valence-electron chi connectivity index (χ4n) is 4.78. The number of fused-ring (bicyclic) bond motifs is 1. The highest BCUT2D eigenvalue weighted by Gasteiger charge is 2.58. The Morgan fingerprint density at radius 3 is 2.37 bits per heavy atom. The number of rotatable bonds is 2. The van der Waals surface area contributed by atoms with Gasteiger partial charge in [0.25, 0.3) is 0 Å². The fourth-order valence-corrected chi connectivity index (χ4v) is 4.78. The molecule has 1 aromatic rings. The van der Waals surface area contributed by atoms with Crippen molar-refractivity contribution in [1.82, 2.24) is 0 Å². The summed E-state index contributed by atoms with van der Waals surface area (Å²) >= 11 is 0. The highest BCUT2D eigenvalue weighted by atomic mass is 16.3. The van der Waals surface area contributed by atoms with Crippen LogP contribution in [0.1, 0.15) is 45.6 Å². The third-order valence-electron chi connectivity index (χ3n) is 5.22. The van der Waals surface area contributed by atoms with Crippen LogP contribution in [0.25, 0.3) is 0 Å². The number of benzene rings is 1. The van der Waals surface area contributed by atoms with Gasteiger partial charge in [0.05, 0.1) is 6.10 Å². The van der Waals surface area contributed by atoms with Crippen molar-refractivity contribution in [3.8, 4) is 0 Å². The normalized spacial score (nSPS) is 32.4. The Morgan fingerprint density at radius 1 is 1.11 bits per heavy atom. The summed E-state index contributed by atoms with van der Waals surface area (Å²) in [5.74, 6) is 4.19. The minimum Gasteiger partial charge on any atom is -0.393 e. The Morgan fingerprint density at radius 2 is 1.74 bits per heavy atom. The van der Waals surface area contributed by atoms with Crippen LogP contribution in [0.4, 0.5) is 0 Å². The van der Waals surface area contributed by atoms with Gasteiger partial charge in [0, 0.05) is 11.8 Å². The van der Waals surface area contributed by atoms with E-state index in [1.807, 2.05) is 6.92 Å². The van der Waals surface area contributed by atoms with Crippen LogP contribution in [0.5, 0.6) is 0 Å². The molecule has 3 rings (SSSR count). The van der Waals surface area contributed by atoms with E-state index in [0.29, 0.717) is 11.8 Å². The Bertz CT molecular complexity index is 434. The first kappa shape index (κ1) is 13.2. The average molecular weight is 256 g/mol. The van der Waals surface area contributed by atoms with Crippen LogP contribution in [0.3, 0.4) is 0 Å². The van der Waals surface area contributed by atoms with Crippen LogP contribution in [0.15, 0.2) is 30.3 Å². The molecule has 2 radical (unpaired) electrons. The van der Waals surface area contributed by atoms with E-state index < -0.39 is 0 Å². The molecule has 3 atom stereocenters. The maximum Gasteiger partial charge on any atom is 0.0583 e. The summed E-state index contributed by atoms with van der Waals surface area (Å²) in [7, 11) is 0. The van der Waals surface area contributed by atoms with Gasteiger partial charge in [0.2, 0.25) is 0 Å². The van der Waals surface area contributed by atoms with E-state index >= 15 is 0 Å². The van der Waals surface area contributed by atoms with Crippen LogP contribution in [0, 0.1) is 29.1 Å². The lowest BCUT2D eigenvalue weighted by atomic mass is 9.68. The lowest BCUT2D eigenvalue weighted by molar-refractivity contribution is 0.157. The Kier molecular flexibility index (Phi) is 3.21. The summed E-state index contributed by atoms with van der Waals surface area (Å²) in [6, 6.07) is 10.8. The predicted molar refractivity (Wildman–Crippen MR) is 78.3 cm³/mol. The molecule has 0 heterocycles. The van der Waals surface area contributed by atoms with E-state index in [1.54, 1.807) is 5.92 Å². The number of aliphatic hydroxyl groups excluding tert-OH is 1. The summed E-state index contributed by atoms with van der Waals surface area (Å²) in [4.78, 5) is 0. The molecule has 1 aromatic carbocycles. The molecule has 0 saturated heterocycles. The minimum atomic E-state index is -0.290. The molecule has 0 spiro atoms. The molecule has 3 unspecified atom stereocenters. The Labute approximate surface area is 117 Å². The molecule has 102 valence electrons. The maximum atomic E-state index is 10.2. The molecule has 1 N–H and O–H groups in total. The summed E-state index contributed by atoms with van der Waals surface area (Å²) < 4.78 is 0. The van der Waals surface area contributed by atoms with Gasteiger partial charge in [-0.1, -0.05) is 50.6 Å². The first-order valence-electron chi connectivity index (χ1n) is 7.51. The smallest absolute Gasteiger partial charge is 0.0583 e. The summed E-state index contributed by atoms with van der Waals surface area (Å²) in [6.45, 7) is 6.55. The van der Waals surface area contributed by atoms with Gasteiger partial charge in [-0.25, -0.2) is 0 Å². The van der Waals surface area contributed by atoms with Gasteiger partial charge in [0.1, 0.15) is 0 Å². The second-order valence-corrected chi connectivity index (χ2v) is 6.68. The number of hydrogen-bond donors (Lipinski definition) is 1. The molecule has 1 heteroatoms. The molecule has 0 aromatic heterocycles. The largest absolute Gasteiger partial charge is 0.393 e. The van der Waals surface area contributed by atoms with E-state index in [1.165, 1.54) is 30.7 Å². The summed E-state index contributed by atoms with van der Waals surface area (Å²) in [6.07, 6.45) is 3.55. The van der Waals surface area contributed by atoms with Crippen molar-refractivity contribution in [1.29, 1.82) is 0 Å². The van der Waals surface area contributed by atoms with Crippen molar-refractivity contribution in [2.75, 3.05) is 0 Å². The molecule has 0 amide bonds. The second-order valence-electron chi connectivity index (χ2n) is 6.68. The van der Waals surface area contributed by atoms with Crippen molar-refractivity contribution in [2.24, 2.45) is 17.3 Å². The van der Waals surface area contributed by atoms with E-state index in [4.69, 9.17) is 0 Å². The monoisotopic (exact) mass is 256 g/mol. The molecule has 2 fully saturated rings. The van der Waals surface area contributed by atoms with E-state index in [0.717, 1.165) is 0 Å². The van der Waals surface area contributed by atoms with Crippen molar-refractivity contribution in [3.05, 3.63) is 47.7 Å². The lowest BCUT2D eigenvalue weighted by Gasteiger charge is -2.36. The van der Waals surface area contributed by atoms with Gasteiger partial charge < -0.3 is 5.11 Å². The zero-order valence-corrected chi connectivity index (χ0v) is 12.2. The predicted octanol–water partition coefficient (Wildman–Crippen LogP) is 4.02. The number of aliphatic hydroxyl groups is 1. The van der Waals surface area contributed by atoms with Gasteiger partial charge in [-0.05, 0) is 42.6 Å². The van der Waals surface area contributed by atoms with Crippen LogP contribution < -0.4 is 0 Å². The third kappa shape index (κ3) is 1.94. The van der Waals surface area contributed by atoms with Gasteiger partial charge in [0.15, 0.2) is 0 Å². The molecular weight excluding hydrogens is 232 g/mol. The molecule has 2 aliphatic carbocycles. The van der Waals surface area contributed by atoms with Crippen LogP contribution in [0.2, 0.25) is 0 Å². The molecule has 0 bridgehead atoms. The fraction of sp³-hybridized carbons (Fsp3) is 0.556. The third-order valence-corrected chi connectivity index (χ3v) is 5.22. The zero-order valence-electron chi connectivity index (χ0n) is 12.2. The molecule has 0 aliphatic heterocycles. The Balaban J connectivity index is 2.03. The summed E-state index contributed by atoms with van der Waals surface area (Å²) in [5.41, 5.74) is 1.41. The molecule has 1 nitrogen and oxygen atoms in total. The number of hydrogen-bond acceptors (Lipinski definition) is 1. The molecular formula is C18H24O. The lowest BCUT2D eigenvalue weighted by Crippen LogP contribution is -2.32. The van der Waals surface area contributed by atoms with Crippen LogP contribution >= 0.6 is 0 Å². The molecule has 2 aliphatic rings. The summed E-state index contributed by atoms with van der Waals surface area (Å²) in [5, 5.41) is 10.2. The van der Waals surface area contributed by atoms with Gasteiger partial charge in [-0.2, -0.15) is 0 Å². The van der Waals surface area contributed by atoms with Gasteiger partial charge in [-0.15, -0.1) is 0 Å². The highest BCUT2D eigenvalue weighted by molar-refractivity contribution is 5.46. The topological polar surface area (TPSA) is 20.2 Å². The Hall–Kier alpha value is -0.820. The quantitative estimate of drug-likeness (QED) is 0.847. The van der Waals surface area contributed by atoms with E-state index in [2.05, 4.69) is 44.2 Å². The average Bonchev–Trinajstić information content (AvgIpc) is 2.85. The first-order valence-corrected chi connectivity index (χ1v) is 7.51. The van der Waals surface area contributed by atoms with E-state index in [9.17, 15) is 5.11 Å². The van der Waals surface area contributed by atoms with Crippen molar-refractivity contribution >= 4 is 0 Å². The maximum absolute atomic E-state index is 10.2. The zero-order chi connectivity index (χ0) is 13.6. The standard InChI is InChI=1S/C18H24O/c1-12(19)16-14-10-7-11-15(14)17(18(16,2)3)13-8-5-4-6-9-13/h4-6,8-9,12,14-15,19H,7,10-11H2,1-3H3. The molecule has 2 saturated carbocycles. The van der Waals surface area contributed by atoms with Crippen molar-refractivity contribution in [3.63, 3.8) is 0 Å². The highest BCUT2D eigenvalue weighted by Crippen LogP contribution is 2.65. The first-order chi connectivity index (χ1) is 9.03. The molecule has 19 heavy (non-hydrogen) atoms. The minimum absolute atomic E-state index is 0.0330. The second kappa shape index (κ2) is 4.63. The van der Waals surface area contributed by atoms with Gasteiger partial charge in [-0.3, -0.25) is 0 Å². The van der Waals surface area contributed by atoms with E-state index in [-0.39, 0.29) is 11.5 Å². The van der Waals surface area contributed by atoms with Crippen LogP contribution in [-0.2, 0) is 0 Å².